The zero-order valence-corrected chi connectivity index (χ0v) is 12.8. The van der Waals surface area contributed by atoms with Gasteiger partial charge in [-0.05, 0) is 30.7 Å². The first kappa shape index (κ1) is 15.1. The van der Waals surface area contributed by atoms with Gasteiger partial charge in [-0.1, -0.05) is 34.1 Å². The largest absolute Gasteiger partial charge is 0.477 e. The Hall–Kier alpha value is -2.34. The first-order chi connectivity index (χ1) is 9.97. The van der Waals surface area contributed by atoms with E-state index in [9.17, 15) is 9.59 Å². The molecule has 2 rings (SSSR count). The van der Waals surface area contributed by atoms with Crippen LogP contribution in [0, 0.1) is 6.92 Å². The number of carbonyl (C=O) groups excluding carboxylic acids is 1. The third-order valence-corrected chi connectivity index (χ3v) is 3.47. The Morgan fingerprint density at radius 1 is 1.33 bits per heavy atom. The number of carboxylic acid groups (broad SMARTS) is 1. The van der Waals surface area contributed by atoms with Gasteiger partial charge in [0.05, 0.1) is 5.69 Å². The van der Waals surface area contributed by atoms with Crippen LogP contribution in [0.15, 0.2) is 40.9 Å². The molecule has 1 heterocycles. The number of carbonyl (C=O) groups is 2. The van der Waals surface area contributed by atoms with Crippen molar-refractivity contribution in [3.8, 4) is 0 Å². The van der Waals surface area contributed by atoms with Gasteiger partial charge in [-0.3, -0.25) is 4.79 Å². The van der Waals surface area contributed by atoms with Gasteiger partial charge in [0, 0.05) is 16.2 Å². The summed E-state index contributed by atoms with van der Waals surface area (Å²) in [7, 11) is 0. The molecular formula is C15H13BrN2O3. The van der Waals surface area contributed by atoms with Gasteiger partial charge in [0.1, 0.15) is 5.69 Å². The van der Waals surface area contributed by atoms with Crippen LogP contribution in [0.2, 0.25) is 0 Å². The standard InChI is InChI=1S/C15H13BrN2O3/c1-9-8-12(14(17-9)15(20)21)18-13(19)7-6-10-4-2-3-5-11(10)16/h2-8,17H,1H3,(H,18,19)(H,20,21)/b7-6+. The van der Waals surface area contributed by atoms with Crippen LogP contribution in [0.25, 0.3) is 6.08 Å². The van der Waals surface area contributed by atoms with Gasteiger partial charge in [-0.15, -0.1) is 0 Å². The summed E-state index contributed by atoms with van der Waals surface area (Å²) in [5.41, 5.74) is 1.74. The van der Waals surface area contributed by atoms with Crippen molar-refractivity contribution < 1.29 is 14.7 Å². The molecule has 0 bridgehead atoms. The Morgan fingerprint density at radius 2 is 2.05 bits per heavy atom. The van der Waals surface area contributed by atoms with Crippen molar-refractivity contribution in [2.24, 2.45) is 0 Å². The monoisotopic (exact) mass is 348 g/mol. The van der Waals surface area contributed by atoms with Crippen molar-refractivity contribution in [3.63, 3.8) is 0 Å². The number of hydrogen-bond donors (Lipinski definition) is 3. The number of nitrogens with one attached hydrogen (secondary N) is 2. The van der Waals surface area contributed by atoms with E-state index >= 15 is 0 Å². The smallest absolute Gasteiger partial charge is 0.354 e. The number of aryl methyl sites for hydroxylation is 1. The quantitative estimate of drug-likeness (QED) is 0.740. The van der Waals surface area contributed by atoms with E-state index in [1.807, 2.05) is 24.3 Å². The minimum absolute atomic E-state index is 0.0323. The van der Waals surface area contributed by atoms with Gasteiger partial charge in [0.2, 0.25) is 5.91 Å². The zero-order chi connectivity index (χ0) is 15.4. The van der Waals surface area contributed by atoms with Crippen LogP contribution in [0.1, 0.15) is 21.7 Å². The van der Waals surface area contributed by atoms with Gasteiger partial charge in [0.25, 0.3) is 0 Å². The van der Waals surface area contributed by atoms with Crippen molar-refractivity contribution in [3.05, 3.63) is 57.8 Å². The molecule has 0 saturated heterocycles. The van der Waals surface area contributed by atoms with E-state index in [1.54, 1.807) is 19.1 Å². The highest BCUT2D eigenvalue weighted by Gasteiger charge is 2.14. The van der Waals surface area contributed by atoms with E-state index in [0.717, 1.165) is 10.0 Å². The molecule has 0 radical (unpaired) electrons. The Bertz CT molecular complexity index is 719. The second-order valence-corrected chi connectivity index (χ2v) is 5.24. The fraction of sp³-hybridized carbons (Fsp3) is 0.0667. The molecule has 0 atom stereocenters. The third kappa shape index (κ3) is 3.82. The number of halogens is 1. The lowest BCUT2D eigenvalue weighted by molar-refractivity contribution is -0.111. The molecule has 5 nitrogen and oxygen atoms in total. The van der Waals surface area contributed by atoms with E-state index in [0.29, 0.717) is 5.69 Å². The number of amides is 1. The van der Waals surface area contributed by atoms with Crippen LogP contribution in [0.3, 0.4) is 0 Å². The lowest BCUT2D eigenvalue weighted by Gasteiger charge is -2.01. The molecular weight excluding hydrogens is 336 g/mol. The second kappa shape index (κ2) is 6.41. The number of anilines is 1. The average Bonchev–Trinajstić information content (AvgIpc) is 2.79. The Labute approximate surface area is 129 Å². The number of aromatic carboxylic acids is 1. The zero-order valence-electron chi connectivity index (χ0n) is 11.2. The summed E-state index contributed by atoms with van der Waals surface area (Å²) < 4.78 is 0.873. The molecule has 0 aliphatic carbocycles. The normalized spacial score (nSPS) is 10.8. The number of carboxylic acids is 1. The fourth-order valence-electron chi connectivity index (χ4n) is 1.81. The molecule has 0 unspecified atom stereocenters. The Morgan fingerprint density at radius 3 is 2.71 bits per heavy atom. The van der Waals surface area contributed by atoms with Crippen LogP contribution in [-0.4, -0.2) is 22.0 Å². The second-order valence-electron chi connectivity index (χ2n) is 4.39. The van der Waals surface area contributed by atoms with Crippen LogP contribution in [0.4, 0.5) is 5.69 Å². The van der Waals surface area contributed by atoms with Crippen molar-refractivity contribution in [2.45, 2.75) is 6.92 Å². The van der Waals surface area contributed by atoms with E-state index in [2.05, 4.69) is 26.2 Å². The SMILES string of the molecule is Cc1cc(NC(=O)/C=C/c2ccccc2Br)c(C(=O)O)[nH]1. The third-order valence-electron chi connectivity index (χ3n) is 2.74. The van der Waals surface area contributed by atoms with E-state index in [4.69, 9.17) is 5.11 Å². The fourth-order valence-corrected chi connectivity index (χ4v) is 2.22. The van der Waals surface area contributed by atoms with Crippen LogP contribution in [0.5, 0.6) is 0 Å². The minimum Gasteiger partial charge on any atom is -0.477 e. The number of aromatic nitrogens is 1. The van der Waals surface area contributed by atoms with E-state index in [1.165, 1.54) is 6.08 Å². The molecule has 1 aromatic heterocycles. The molecule has 21 heavy (non-hydrogen) atoms. The summed E-state index contributed by atoms with van der Waals surface area (Å²) in [4.78, 5) is 25.6. The van der Waals surface area contributed by atoms with Crippen LogP contribution in [-0.2, 0) is 4.79 Å². The topological polar surface area (TPSA) is 82.2 Å². The predicted molar refractivity (Wildman–Crippen MR) is 84.3 cm³/mol. The van der Waals surface area contributed by atoms with E-state index in [-0.39, 0.29) is 11.4 Å². The molecule has 1 amide bonds. The first-order valence-electron chi connectivity index (χ1n) is 6.14. The molecule has 0 aliphatic heterocycles. The molecule has 3 N–H and O–H groups in total. The Balaban J connectivity index is 2.12. The number of benzene rings is 1. The first-order valence-corrected chi connectivity index (χ1v) is 6.93. The summed E-state index contributed by atoms with van der Waals surface area (Å²) in [6.07, 6.45) is 3.01. The maximum absolute atomic E-state index is 11.9. The average molecular weight is 349 g/mol. The molecule has 0 spiro atoms. The minimum atomic E-state index is -1.12. The van der Waals surface area contributed by atoms with Crippen LogP contribution < -0.4 is 5.32 Å². The van der Waals surface area contributed by atoms with Gasteiger partial charge in [-0.2, -0.15) is 0 Å². The molecule has 0 fully saturated rings. The van der Waals surface area contributed by atoms with E-state index < -0.39 is 11.9 Å². The number of aromatic amines is 1. The maximum atomic E-state index is 11.9. The number of H-pyrrole nitrogens is 1. The number of hydrogen-bond acceptors (Lipinski definition) is 2. The molecule has 6 heteroatoms. The van der Waals surface area contributed by atoms with Crippen molar-refractivity contribution in [1.82, 2.24) is 4.98 Å². The van der Waals surface area contributed by atoms with Crippen molar-refractivity contribution in [2.75, 3.05) is 5.32 Å². The number of rotatable bonds is 4. The van der Waals surface area contributed by atoms with Gasteiger partial charge in [-0.25, -0.2) is 4.79 Å². The molecule has 0 saturated carbocycles. The van der Waals surface area contributed by atoms with Gasteiger partial charge in [0.15, 0.2) is 0 Å². The molecule has 0 aliphatic rings. The molecule has 108 valence electrons. The Kier molecular flexibility index (Phi) is 4.59. The highest BCUT2D eigenvalue weighted by Crippen LogP contribution is 2.19. The predicted octanol–water partition coefficient (Wildman–Crippen LogP) is 3.44. The highest BCUT2D eigenvalue weighted by molar-refractivity contribution is 9.10. The summed E-state index contributed by atoms with van der Waals surface area (Å²) in [5, 5.41) is 11.6. The highest BCUT2D eigenvalue weighted by atomic mass is 79.9. The van der Waals surface area contributed by atoms with Crippen LogP contribution >= 0.6 is 15.9 Å². The summed E-state index contributed by atoms with van der Waals surface area (Å²) in [6.45, 7) is 1.72. The molecule has 2 aromatic rings. The summed E-state index contributed by atoms with van der Waals surface area (Å²) in [5.74, 6) is -1.51. The lowest BCUT2D eigenvalue weighted by atomic mass is 10.2. The lowest BCUT2D eigenvalue weighted by Crippen LogP contribution is -2.11. The maximum Gasteiger partial charge on any atom is 0.354 e. The van der Waals surface area contributed by atoms with Gasteiger partial charge >= 0.3 is 5.97 Å². The summed E-state index contributed by atoms with van der Waals surface area (Å²) >= 11 is 3.38. The summed E-state index contributed by atoms with van der Waals surface area (Å²) in [6, 6.07) is 9.05. The molecule has 1 aromatic carbocycles. The van der Waals surface area contributed by atoms with Gasteiger partial charge < -0.3 is 15.4 Å². The van der Waals surface area contributed by atoms with Crippen molar-refractivity contribution >= 4 is 39.6 Å². The van der Waals surface area contributed by atoms with Crippen molar-refractivity contribution in [1.29, 1.82) is 0 Å².